The lowest BCUT2D eigenvalue weighted by Crippen LogP contribution is -2.28. The molecule has 0 atom stereocenters. The standard InChI is InChI=1S/C22H22N2O4/c1-13(25)23-15-9-6-5-8-14(15)19-12-17(26)20-16(10-7-11-18(20)28-19)24-21(27)22(2,3)4/h5-12H,1-4H3,(H,23,25)(H,24,27). The van der Waals surface area contributed by atoms with Gasteiger partial charge in [-0.25, -0.2) is 0 Å². The zero-order chi connectivity index (χ0) is 20.5. The normalized spacial score (nSPS) is 11.3. The summed E-state index contributed by atoms with van der Waals surface area (Å²) in [5.74, 6) is -0.0802. The summed E-state index contributed by atoms with van der Waals surface area (Å²) in [4.78, 5) is 36.7. The van der Waals surface area contributed by atoms with Crippen LogP contribution >= 0.6 is 0 Å². The number of amides is 2. The van der Waals surface area contributed by atoms with Gasteiger partial charge in [0.2, 0.25) is 11.8 Å². The van der Waals surface area contributed by atoms with Crippen LogP contribution in [-0.4, -0.2) is 11.8 Å². The number of para-hydroxylation sites is 1. The number of nitrogens with one attached hydrogen (secondary N) is 2. The lowest BCUT2D eigenvalue weighted by atomic mass is 9.95. The molecule has 1 heterocycles. The maximum atomic E-state index is 12.9. The highest BCUT2D eigenvalue weighted by Gasteiger charge is 2.22. The minimum atomic E-state index is -0.598. The van der Waals surface area contributed by atoms with E-state index in [2.05, 4.69) is 10.6 Å². The quantitative estimate of drug-likeness (QED) is 0.707. The van der Waals surface area contributed by atoms with E-state index in [-0.39, 0.29) is 17.2 Å². The van der Waals surface area contributed by atoms with Crippen molar-refractivity contribution in [1.82, 2.24) is 0 Å². The molecule has 0 saturated heterocycles. The molecule has 6 heteroatoms. The molecule has 2 aromatic carbocycles. The number of carbonyl (C=O) groups excluding carboxylic acids is 2. The minimum absolute atomic E-state index is 0.195. The second-order valence-corrected chi connectivity index (χ2v) is 7.58. The molecule has 0 spiro atoms. The Morgan fingerprint density at radius 3 is 2.29 bits per heavy atom. The third-order valence-corrected chi connectivity index (χ3v) is 4.19. The topological polar surface area (TPSA) is 88.4 Å². The predicted octanol–water partition coefficient (Wildman–Crippen LogP) is 4.40. The molecule has 6 nitrogen and oxygen atoms in total. The molecule has 0 aliphatic carbocycles. The van der Waals surface area contributed by atoms with E-state index >= 15 is 0 Å². The van der Waals surface area contributed by atoms with Crippen LogP contribution in [0.5, 0.6) is 0 Å². The van der Waals surface area contributed by atoms with Gasteiger partial charge in [0.05, 0.1) is 16.8 Å². The van der Waals surface area contributed by atoms with Gasteiger partial charge in [0.25, 0.3) is 0 Å². The van der Waals surface area contributed by atoms with Gasteiger partial charge in [-0.15, -0.1) is 0 Å². The van der Waals surface area contributed by atoms with Gasteiger partial charge in [0, 0.05) is 24.0 Å². The molecule has 144 valence electrons. The summed E-state index contributed by atoms with van der Waals surface area (Å²) in [6, 6.07) is 13.5. The molecule has 1 aromatic heterocycles. The number of rotatable bonds is 3. The molecule has 0 fully saturated rings. The Morgan fingerprint density at radius 1 is 0.929 bits per heavy atom. The van der Waals surface area contributed by atoms with Gasteiger partial charge in [-0.3, -0.25) is 14.4 Å². The first-order chi connectivity index (χ1) is 13.2. The van der Waals surface area contributed by atoms with Gasteiger partial charge in [0.15, 0.2) is 5.43 Å². The van der Waals surface area contributed by atoms with E-state index in [1.807, 2.05) is 0 Å². The van der Waals surface area contributed by atoms with E-state index in [0.717, 1.165) is 0 Å². The van der Waals surface area contributed by atoms with Gasteiger partial charge in [-0.2, -0.15) is 0 Å². The summed E-state index contributed by atoms with van der Waals surface area (Å²) >= 11 is 0. The second-order valence-electron chi connectivity index (χ2n) is 7.58. The Bertz CT molecular complexity index is 1120. The predicted molar refractivity (Wildman–Crippen MR) is 110 cm³/mol. The summed E-state index contributed by atoms with van der Waals surface area (Å²) in [6.45, 7) is 6.81. The van der Waals surface area contributed by atoms with Crippen molar-refractivity contribution in [2.24, 2.45) is 5.41 Å². The van der Waals surface area contributed by atoms with Gasteiger partial charge < -0.3 is 15.1 Å². The fraction of sp³-hybridized carbons (Fsp3) is 0.227. The molecular formula is C22H22N2O4. The molecule has 2 N–H and O–H groups in total. The number of hydrogen-bond acceptors (Lipinski definition) is 4. The fourth-order valence-corrected chi connectivity index (χ4v) is 2.75. The maximum absolute atomic E-state index is 12.9. The minimum Gasteiger partial charge on any atom is -0.456 e. The molecule has 3 rings (SSSR count). The van der Waals surface area contributed by atoms with Crippen LogP contribution in [0.2, 0.25) is 0 Å². The molecule has 0 unspecified atom stereocenters. The summed E-state index contributed by atoms with van der Waals surface area (Å²) in [7, 11) is 0. The van der Waals surface area contributed by atoms with E-state index in [0.29, 0.717) is 33.7 Å². The second kappa shape index (κ2) is 7.31. The van der Waals surface area contributed by atoms with E-state index in [4.69, 9.17) is 4.42 Å². The highest BCUT2D eigenvalue weighted by Crippen LogP contribution is 2.31. The number of anilines is 2. The Hall–Kier alpha value is -3.41. The first kappa shape index (κ1) is 19.4. The first-order valence-corrected chi connectivity index (χ1v) is 8.92. The van der Waals surface area contributed by atoms with Crippen LogP contribution in [0.15, 0.2) is 57.7 Å². The van der Waals surface area contributed by atoms with E-state index < -0.39 is 5.41 Å². The van der Waals surface area contributed by atoms with Crippen LogP contribution in [0.1, 0.15) is 27.7 Å². The van der Waals surface area contributed by atoms with Gasteiger partial charge in [-0.1, -0.05) is 39.0 Å². The van der Waals surface area contributed by atoms with Crippen molar-refractivity contribution in [2.75, 3.05) is 10.6 Å². The molecule has 0 bridgehead atoms. The monoisotopic (exact) mass is 378 g/mol. The number of benzene rings is 2. The molecule has 0 saturated carbocycles. The van der Waals surface area contributed by atoms with Crippen LogP contribution in [0.3, 0.4) is 0 Å². The lowest BCUT2D eigenvalue weighted by Gasteiger charge is -2.18. The number of fused-ring (bicyclic) bond motifs is 1. The van der Waals surface area contributed by atoms with Gasteiger partial charge >= 0.3 is 0 Å². The highest BCUT2D eigenvalue weighted by molar-refractivity contribution is 6.02. The van der Waals surface area contributed by atoms with Crippen molar-refractivity contribution < 1.29 is 14.0 Å². The van der Waals surface area contributed by atoms with Crippen LogP contribution in [0.25, 0.3) is 22.3 Å². The van der Waals surface area contributed by atoms with Crippen LogP contribution in [-0.2, 0) is 9.59 Å². The average molecular weight is 378 g/mol. The molecule has 0 aliphatic heterocycles. The molecule has 0 radical (unpaired) electrons. The summed E-state index contributed by atoms with van der Waals surface area (Å²) in [6.07, 6.45) is 0. The van der Waals surface area contributed by atoms with Crippen LogP contribution < -0.4 is 16.1 Å². The Labute approximate surface area is 162 Å². The zero-order valence-electron chi connectivity index (χ0n) is 16.3. The summed E-state index contributed by atoms with van der Waals surface area (Å²) < 4.78 is 5.96. The molecule has 28 heavy (non-hydrogen) atoms. The van der Waals surface area contributed by atoms with Crippen LogP contribution in [0, 0.1) is 5.41 Å². The summed E-state index contributed by atoms with van der Waals surface area (Å²) in [5, 5.41) is 5.85. The van der Waals surface area contributed by atoms with Crippen molar-refractivity contribution in [3.63, 3.8) is 0 Å². The molecule has 0 aliphatic rings. The fourth-order valence-electron chi connectivity index (χ4n) is 2.75. The maximum Gasteiger partial charge on any atom is 0.229 e. The Balaban J connectivity index is 2.13. The molecular weight excluding hydrogens is 356 g/mol. The lowest BCUT2D eigenvalue weighted by molar-refractivity contribution is -0.123. The van der Waals surface area contributed by atoms with Crippen molar-refractivity contribution in [3.05, 3.63) is 58.8 Å². The average Bonchev–Trinajstić information content (AvgIpc) is 2.60. The largest absolute Gasteiger partial charge is 0.456 e. The van der Waals surface area contributed by atoms with E-state index in [1.54, 1.807) is 63.2 Å². The number of carbonyl (C=O) groups is 2. The highest BCUT2D eigenvalue weighted by atomic mass is 16.3. The Kier molecular flexibility index (Phi) is 5.05. The zero-order valence-corrected chi connectivity index (χ0v) is 16.3. The SMILES string of the molecule is CC(=O)Nc1ccccc1-c1cc(=O)c2c(NC(=O)C(C)(C)C)cccc2o1. The number of hydrogen-bond donors (Lipinski definition) is 2. The van der Waals surface area contributed by atoms with Crippen molar-refractivity contribution in [3.8, 4) is 11.3 Å². The Morgan fingerprint density at radius 2 is 1.61 bits per heavy atom. The summed E-state index contributed by atoms with van der Waals surface area (Å²) in [5.41, 5.74) is 1.04. The third kappa shape index (κ3) is 3.96. The van der Waals surface area contributed by atoms with Crippen molar-refractivity contribution in [2.45, 2.75) is 27.7 Å². The smallest absolute Gasteiger partial charge is 0.229 e. The van der Waals surface area contributed by atoms with E-state index in [9.17, 15) is 14.4 Å². The third-order valence-electron chi connectivity index (χ3n) is 4.19. The van der Waals surface area contributed by atoms with Crippen LogP contribution in [0.4, 0.5) is 11.4 Å². The first-order valence-electron chi connectivity index (χ1n) is 8.92. The van der Waals surface area contributed by atoms with Gasteiger partial charge in [0.1, 0.15) is 11.3 Å². The molecule has 3 aromatic rings. The van der Waals surface area contributed by atoms with E-state index in [1.165, 1.54) is 13.0 Å². The van der Waals surface area contributed by atoms with Gasteiger partial charge in [-0.05, 0) is 24.3 Å². The van der Waals surface area contributed by atoms with Crippen molar-refractivity contribution >= 4 is 34.2 Å². The van der Waals surface area contributed by atoms with Crippen molar-refractivity contribution in [1.29, 1.82) is 0 Å². The molecule has 2 amide bonds.